The molecule has 1 aromatic rings. The van der Waals surface area contributed by atoms with Crippen LogP contribution in [-0.2, 0) is 16.1 Å². The summed E-state index contributed by atoms with van der Waals surface area (Å²) in [6.45, 7) is 4.28. The highest BCUT2D eigenvalue weighted by atomic mass is 35.5. The number of rotatable bonds is 7. The number of hydrogen-bond acceptors (Lipinski definition) is 5. The third kappa shape index (κ3) is 5.62. The number of ether oxygens (including phenoxy) is 1. The fraction of sp³-hybridized carbons (Fsp3) is 0.773. The molecule has 8 heteroatoms. The minimum Gasteiger partial charge on any atom is -0.376 e. The van der Waals surface area contributed by atoms with Crippen LogP contribution in [0.3, 0.4) is 0 Å². The lowest BCUT2D eigenvalue weighted by Crippen LogP contribution is -2.46. The molecule has 4 rings (SSSR count). The van der Waals surface area contributed by atoms with Gasteiger partial charge in [0, 0.05) is 31.8 Å². The number of carbonyl (C=O) groups excluding carboxylic acids is 1. The average molecular weight is 437 g/mol. The van der Waals surface area contributed by atoms with E-state index in [1.54, 1.807) is 0 Å². The second-order valence-electron chi connectivity index (χ2n) is 9.00. The second-order valence-corrected chi connectivity index (χ2v) is 9.39. The Hall–Kier alpha value is -1.44. The van der Waals surface area contributed by atoms with Gasteiger partial charge in [0.15, 0.2) is 0 Å². The number of carbonyl (C=O) groups is 1. The van der Waals surface area contributed by atoms with Crippen molar-refractivity contribution in [1.29, 1.82) is 0 Å². The van der Waals surface area contributed by atoms with Crippen molar-refractivity contribution in [2.45, 2.75) is 70.1 Å². The zero-order valence-electron chi connectivity index (χ0n) is 17.7. The summed E-state index contributed by atoms with van der Waals surface area (Å²) >= 11 is 5.92. The number of piperidine rings is 1. The number of likely N-dealkylation sites (tertiary alicyclic amines) is 1. The summed E-state index contributed by atoms with van der Waals surface area (Å²) in [5.41, 5.74) is -0.310. The van der Waals surface area contributed by atoms with E-state index in [9.17, 15) is 9.59 Å². The fourth-order valence-corrected chi connectivity index (χ4v) is 5.31. The molecule has 1 amide bonds. The zero-order chi connectivity index (χ0) is 20.9. The van der Waals surface area contributed by atoms with Crippen molar-refractivity contribution in [2.75, 3.05) is 32.8 Å². The van der Waals surface area contributed by atoms with Crippen molar-refractivity contribution in [3.8, 4) is 0 Å². The fourth-order valence-electron chi connectivity index (χ4n) is 5.16. The van der Waals surface area contributed by atoms with Crippen molar-refractivity contribution in [2.24, 2.45) is 5.92 Å². The third-order valence-electron chi connectivity index (χ3n) is 6.89. The molecule has 3 fully saturated rings. The standard InChI is InChI=1S/C22H33ClN4O3/c23-20-7-8-21(28)27(24-20)16-22(29)26(15-19-6-3-13-30-19)14-17-9-11-25(12-10-17)18-4-1-2-5-18/h7-8,17-19H,1-6,9-16H2/t19-/m1/s1. The average Bonchev–Trinajstić information content (AvgIpc) is 3.45. The smallest absolute Gasteiger partial charge is 0.267 e. The predicted octanol–water partition coefficient (Wildman–Crippen LogP) is 2.56. The molecule has 1 aliphatic carbocycles. The molecule has 0 radical (unpaired) electrons. The van der Waals surface area contributed by atoms with E-state index in [1.807, 2.05) is 4.90 Å². The molecule has 1 saturated carbocycles. The van der Waals surface area contributed by atoms with Gasteiger partial charge in [-0.15, -0.1) is 0 Å². The van der Waals surface area contributed by atoms with Crippen LogP contribution in [0.2, 0.25) is 5.15 Å². The Balaban J connectivity index is 1.37. The van der Waals surface area contributed by atoms with E-state index >= 15 is 0 Å². The van der Waals surface area contributed by atoms with Gasteiger partial charge in [-0.1, -0.05) is 24.4 Å². The molecule has 0 aromatic carbocycles. The van der Waals surface area contributed by atoms with E-state index in [-0.39, 0.29) is 29.3 Å². The van der Waals surface area contributed by atoms with Gasteiger partial charge in [0.05, 0.1) is 6.10 Å². The molecule has 166 valence electrons. The van der Waals surface area contributed by atoms with Crippen LogP contribution in [0.5, 0.6) is 0 Å². The van der Waals surface area contributed by atoms with Crippen LogP contribution in [0.1, 0.15) is 51.4 Å². The van der Waals surface area contributed by atoms with Gasteiger partial charge in [0.2, 0.25) is 5.91 Å². The van der Waals surface area contributed by atoms with Crippen LogP contribution in [-0.4, -0.2) is 70.4 Å². The molecule has 3 heterocycles. The van der Waals surface area contributed by atoms with Gasteiger partial charge in [-0.3, -0.25) is 9.59 Å². The quantitative estimate of drug-likeness (QED) is 0.657. The van der Waals surface area contributed by atoms with Crippen molar-refractivity contribution < 1.29 is 9.53 Å². The van der Waals surface area contributed by atoms with E-state index in [0.717, 1.165) is 62.6 Å². The van der Waals surface area contributed by atoms with Gasteiger partial charge in [-0.2, -0.15) is 5.10 Å². The molecule has 2 saturated heterocycles. The first-order valence-electron chi connectivity index (χ1n) is 11.5. The van der Waals surface area contributed by atoms with Crippen molar-refractivity contribution in [3.05, 3.63) is 27.6 Å². The molecular weight excluding hydrogens is 404 g/mol. The summed E-state index contributed by atoms with van der Waals surface area (Å²) in [6.07, 6.45) is 9.79. The minimum atomic E-state index is -0.310. The number of nitrogens with zero attached hydrogens (tertiary/aromatic N) is 4. The Bertz CT molecular complexity index is 766. The van der Waals surface area contributed by atoms with Gasteiger partial charge in [-0.25, -0.2) is 4.68 Å². The molecule has 2 aliphatic heterocycles. The highest BCUT2D eigenvalue weighted by Gasteiger charge is 2.30. The van der Waals surface area contributed by atoms with Crippen LogP contribution in [0.4, 0.5) is 0 Å². The second kappa shape index (κ2) is 10.2. The zero-order valence-corrected chi connectivity index (χ0v) is 18.4. The molecule has 0 spiro atoms. The first-order valence-corrected chi connectivity index (χ1v) is 11.8. The number of hydrogen-bond donors (Lipinski definition) is 0. The number of halogens is 1. The van der Waals surface area contributed by atoms with E-state index < -0.39 is 0 Å². The van der Waals surface area contributed by atoms with Crippen LogP contribution < -0.4 is 5.56 Å². The van der Waals surface area contributed by atoms with Gasteiger partial charge in [-0.05, 0) is 63.6 Å². The first kappa shape index (κ1) is 21.8. The number of aromatic nitrogens is 2. The lowest BCUT2D eigenvalue weighted by molar-refractivity contribution is -0.134. The third-order valence-corrected chi connectivity index (χ3v) is 7.09. The maximum Gasteiger partial charge on any atom is 0.267 e. The summed E-state index contributed by atoms with van der Waals surface area (Å²) in [7, 11) is 0. The van der Waals surface area contributed by atoms with Crippen LogP contribution >= 0.6 is 11.6 Å². The maximum atomic E-state index is 13.1. The molecule has 3 aliphatic rings. The van der Waals surface area contributed by atoms with E-state index in [4.69, 9.17) is 16.3 Å². The normalized spacial score (nSPS) is 23.8. The molecule has 0 unspecified atom stereocenters. The lowest BCUT2D eigenvalue weighted by Gasteiger charge is -2.38. The summed E-state index contributed by atoms with van der Waals surface area (Å²) in [5.74, 6) is 0.414. The maximum absolute atomic E-state index is 13.1. The number of amides is 1. The van der Waals surface area contributed by atoms with E-state index in [2.05, 4.69) is 10.00 Å². The Morgan fingerprint density at radius 3 is 2.57 bits per heavy atom. The Morgan fingerprint density at radius 1 is 1.10 bits per heavy atom. The molecule has 0 N–H and O–H groups in total. The van der Waals surface area contributed by atoms with Crippen molar-refractivity contribution in [1.82, 2.24) is 19.6 Å². The van der Waals surface area contributed by atoms with Crippen LogP contribution in [0, 0.1) is 5.92 Å². The Labute approximate surface area is 183 Å². The van der Waals surface area contributed by atoms with E-state index in [0.29, 0.717) is 12.5 Å². The van der Waals surface area contributed by atoms with Gasteiger partial charge in [0.25, 0.3) is 5.56 Å². The van der Waals surface area contributed by atoms with Crippen molar-refractivity contribution >= 4 is 17.5 Å². The molecular formula is C22H33ClN4O3. The predicted molar refractivity (Wildman–Crippen MR) is 116 cm³/mol. The highest BCUT2D eigenvalue weighted by Crippen LogP contribution is 2.28. The van der Waals surface area contributed by atoms with Gasteiger partial charge in [0.1, 0.15) is 11.7 Å². The molecule has 1 aromatic heterocycles. The Kier molecular flexibility index (Phi) is 7.44. The summed E-state index contributed by atoms with van der Waals surface area (Å²) < 4.78 is 6.96. The highest BCUT2D eigenvalue weighted by molar-refractivity contribution is 6.29. The summed E-state index contributed by atoms with van der Waals surface area (Å²) in [6, 6.07) is 3.58. The largest absolute Gasteiger partial charge is 0.376 e. The lowest BCUT2D eigenvalue weighted by atomic mass is 9.94. The van der Waals surface area contributed by atoms with Crippen LogP contribution in [0.15, 0.2) is 16.9 Å². The molecule has 30 heavy (non-hydrogen) atoms. The first-order chi connectivity index (χ1) is 14.6. The summed E-state index contributed by atoms with van der Waals surface area (Å²) in [4.78, 5) is 29.8. The molecule has 0 bridgehead atoms. The molecule has 7 nitrogen and oxygen atoms in total. The minimum absolute atomic E-state index is 0.0764. The van der Waals surface area contributed by atoms with Crippen LogP contribution in [0.25, 0.3) is 0 Å². The van der Waals surface area contributed by atoms with E-state index in [1.165, 1.54) is 37.8 Å². The summed E-state index contributed by atoms with van der Waals surface area (Å²) in [5, 5.41) is 4.23. The SMILES string of the molecule is O=C(Cn1nc(Cl)ccc1=O)N(CC1CCN(C2CCCC2)CC1)C[C@H]1CCCO1. The van der Waals surface area contributed by atoms with Crippen molar-refractivity contribution in [3.63, 3.8) is 0 Å². The Morgan fingerprint density at radius 2 is 1.87 bits per heavy atom. The van der Waals surface area contributed by atoms with Gasteiger partial charge >= 0.3 is 0 Å². The molecule has 1 atom stereocenters. The topological polar surface area (TPSA) is 67.7 Å². The van der Waals surface area contributed by atoms with Gasteiger partial charge < -0.3 is 14.5 Å². The monoisotopic (exact) mass is 436 g/mol.